The normalized spacial score (nSPS) is 15.2. The van der Waals surface area contributed by atoms with Gasteiger partial charge in [0.05, 0.1) is 0 Å². The second kappa shape index (κ2) is 9.40. The van der Waals surface area contributed by atoms with Gasteiger partial charge in [-0.2, -0.15) is 0 Å². The van der Waals surface area contributed by atoms with Crippen molar-refractivity contribution in [3.05, 3.63) is 77.1 Å². The molecule has 4 rings (SSSR count). The number of nitrogens with one attached hydrogen (secondary N) is 1. The van der Waals surface area contributed by atoms with Gasteiger partial charge in [0.2, 0.25) is 0 Å². The maximum atomic E-state index is 13.5. The van der Waals surface area contributed by atoms with E-state index in [1.54, 1.807) is 12.1 Å². The second-order valence-corrected chi connectivity index (χ2v) is 8.36. The van der Waals surface area contributed by atoms with Crippen molar-refractivity contribution in [1.29, 1.82) is 0 Å². The number of nitrogens with zero attached hydrogens (tertiary/aromatic N) is 3. The third-order valence-corrected chi connectivity index (χ3v) is 6.04. The van der Waals surface area contributed by atoms with E-state index in [9.17, 15) is 9.59 Å². The van der Waals surface area contributed by atoms with Gasteiger partial charge in [0, 0.05) is 61.0 Å². The van der Waals surface area contributed by atoms with Gasteiger partial charge in [-0.1, -0.05) is 35.9 Å². The minimum atomic E-state index is -0.280. The Morgan fingerprint density at radius 2 is 1.69 bits per heavy atom. The fourth-order valence-corrected chi connectivity index (χ4v) is 4.04. The van der Waals surface area contributed by atoms with Crippen LogP contribution in [0.5, 0.6) is 0 Å². The third kappa shape index (κ3) is 4.60. The number of aromatic nitrogens is 1. The number of likely N-dealkylation sites (N-methyl/N-ethyl adjacent to an activating group) is 1. The highest BCUT2D eigenvalue weighted by atomic mass is 16.2. The Morgan fingerprint density at radius 1 is 1.00 bits per heavy atom. The van der Waals surface area contributed by atoms with Crippen LogP contribution in [0, 0.1) is 6.92 Å². The van der Waals surface area contributed by atoms with Gasteiger partial charge in [-0.15, -0.1) is 0 Å². The summed E-state index contributed by atoms with van der Waals surface area (Å²) < 4.78 is 2.15. The quantitative estimate of drug-likeness (QED) is 0.630. The topological polar surface area (TPSA) is 57.6 Å². The van der Waals surface area contributed by atoms with Gasteiger partial charge < -0.3 is 19.7 Å². The van der Waals surface area contributed by atoms with Crippen molar-refractivity contribution in [3.8, 4) is 0 Å². The number of hydrogen-bond acceptors (Lipinski definition) is 3. The number of fused-ring (bicyclic) bond motifs is 1. The summed E-state index contributed by atoms with van der Waals surface area (Å²) in [6.45, 7) is 7.82. The maximum Gasteiger partial charge on any atom is 0.270 e. The summed E-state index contributed by atoms with van der Waals surface area (Å²) in [7, 11) is 2.05. The van der Waals surface area contributed by atoms with Crippen LogP contribution in [0.4, 0.5) is 0 Å². The van der Waals surface area contributed by atoms with E-state index in [2.05, 4.69) is 34.8 Å². The molecule has 1 aromatic heterocycles. The zero-order chi connectivity index (χ0) is 22.7. The molecule has 2 amide bonds. The van der Waals surface area contributed by atoms with Crippen LogP contribution in [0.25, 0.3) is 17.0 Å². The first-order chi connectivity index (χ1) is 15.5. The number of hydrogen-bond donors (Lipinski definition) is 1. The molecule has 1 fully saturated rings. The van der Waals surface area contributed by atoms with Crippen LogP contribution in [-0.2, 0) is 11.3 Å². The fraction of sp³-hybridized carbons (Fsp3) is 0.308. The zero-order valence-electron chi connectivity index (χ0n) is 19.0. The summed E-state index contributed by atoms with van der Waals surface area (Å²) in [5, 5.41) is 3.97. The Hall–Kier alpha value is -3.38. The first-order valence-electron chi connectivity index (χ1n) is 11.1. The van der Waals surface area contributed by atoms with Crippen LogP contribution < -0.4 is 5.32 Å². The highest BCUT2D eigenvalue weighted by molar-refractivity contribution is 6.06. The predicted molar refractivity (Wildman–Crippen MR) is 128 cm³/mol. The molecular weight excluding hydrogens is 400 g/mol. The molecule has 0 aliphatic carbocycles. The lowest BCUT2D eigenvalue weighted by molar-refractivity contribution is -0.128. The molecule has 0 bridgehead atoms. The fourth-order valence-electron chi connectivity index (χ4n) is 4.04. The van der Waals surface area contributed by atoms with E-state index in [4.69, 9.17) is 0 Å². The smallest absolute Gasteiger partial charge is 0.270 e. The lowest BCUT2D eigenvalue weighted by Crippen LogP contribution is -2.49. The third-order valence-electron chi connectivity index (χ3n) is 6.04. The molecule has 0 atom stereocenters. The number of aryl methyl sites for hydroxylation is 2. The first kappa shape index (κ1) is 21.8. The monoisotopic (exact) mass is 430 g/mol. The van der Waals surface area contributed by atoms with Crippen molar-refractivity contribution in [2.24, 2.45) is 0 Å². The van der Waals surface area contributed by atoms with E-state index in [-0.39, 0.29) is 11.8 Å². The molecule has 1 N–H and O–H groups in total. The van der Waals surface area contributed by atoms with Crippen molar-refractivity contribution in [1.82, 2.24) is 19.7 Å². The molecule has 32 heavy (non-hydrogen) atoms. The molecular formula is C26H30N4O2. The SMILES string of the molecule is CCn1cc(C=C(NC(=O)c2ccc(C)cc2)C(=O)N2CCN(C)CC2)c2ccccc21. The Labute approximate surface area is 189 Å². The lowest BCUT2D eigenvalue weighted by Gasteiger charge is -2.33. The summed E-state index contributed by atoms with van der Waals surface area (Å²) in [5.74, 6) is -0.426. The number of amides is 2. The number of rotatable bonds is 5. The molecule has 1 aliphatic rings. The van der Waals surface area contributed by atoms with Gasteiger partial charge in [-0.05, 0) is 45.2 Å². The van der Waals surface area contributed by atoms with Crippen molar-refractivity contribution in [2.45, 2.75) is 20.4 Å². The Balaban J connectivity index is 1.71. The molecule has 0 saturated carbocycles. The molecule has 6 heteroatoms. The Kier molecular flexibility index (Phi) is 6.42. The summed E-state index contributed by atoms with van der Waals surface area (Å²) in [4.78, 5) is 30.5. The molecule has 3 aromatic rings. The standard InChI is InChI=1S/C26H30N4O2/c1-4-29-18-21(22-7-5-6-8-24(22)29)17-23(26(32)30-15-13-28(3)14-16-30)27-25(31)20-11-9-19(2)10-12-20/h5-12,17-18H,4,13-16H2,1-3H3,(H,27,31). The Bertz CT molecular complexity index is 1150. The largest absolute Gasteiger partial charge is 0.347 e. The van der Waals surface area contributed by atoms with Gasteiger partial charge in [0.15, 0.2) is 0 Å². The van der Waals surface area contributed by atoms with Crippen LogP contribution in [0.1, 0.15) is 28.4 Å². The van der Waals surface area contributed by atoms with Crippen LogP contribution in [0.15, 0.2) is 60.4 Å². The Morgan fingerprint density at radius 3 is 2.38 bits per heavy atom. The molecule has 0 radical (unpaired) electrons. The number of carbonyl (C=O) groups is 2. The van der Waals surface area contributed by atoms with E-state index >= 15 is 0 Å². The van der Waals surface area contributed by atoms with Crippen molar-refractivity contribution < 1.29 is 9.59 Å². The van der Waals surface area contributed by atoms with E-state index < -0.39 is 0 Å². The molecule has 1 saturated heterocycles. The summed E-state index contributed by atoms with van der Waals surface area (Å²) in [6.07, 6.45) is 3.86. The maximum absolute atomic E-state index is 13.5. The van der Waals surface area contributed by atoms with Gasteiger partial charge in [-0.3, -0.25) is 9.59 Å². The minimum Gasteiger partial charge on any atom is -0.347 e. The van der Waals surface area contributed by atoms with Crippen LogP contribution in [-0.4, -0.2) is 59.4 Å². The van der Waals surface area contributed by atoms with Crippen LogP contribution in [0.2, 0.25) is 0 Å². The van der Waals surface area contributed by atoms with Crippen molar-refractivity contribution >= 4 is 28.8 Å². The highest BCUT2D eigenvalue weighted by Crippen LogP contribution is 2.24. The van der Waals surface area contributed by atoms with Crippen molar-refractivity contribution in [3.63, 3.8) is 0 Å². The average molecular weight is 431 g/mol. The van der Waals surface area contributed by atoms with Gasteiger partial charge >= 0.3 is 0 Å². The van der Waals surface area contributed by atoms with Gasteiger partial charge in [0.25, 0.3) is 11.8 Å². The van der Waals surface area contributed by atoms with Crippen LogP contribution >= 0.6 is 0 Å². The van der Waals surface area contributed by atoms with E-state index in [1.165, 1.54) is 0 Å². The predicted octanol–water partition coefficient (Wildman–Crippen LogP) is 3.51. The summed E-state index contributed by atoms with van der Waals surface area (Å²) in [6, 6.07) is 15.5. The number of carbonyl (C=O) groups excluding carboxylic acids is 2. The molecule has 6 nitrogen and oxygen atoms in total. The van der Waals surface area contributed by atoms with Gasteiger partial charge in [0.1, 0.15) is 5.70 Å². The zero-order valence-corrected chi connectivity index (χ0v) is 19.0. The summed E-state index contributed by atoms with van der Waals surface area (Å²) >= 11 is 0. The minimum absolute atomic E-state index is 0.146. The van der Waals surface area contributed by atoms with E-state index in [0.29, 0.717) is 24.4 Å². The molecule has 0 unspecified atom stereocenters. The lowest BCUT2D eigenvalue weighted by atomic mass is 10.1. The van der Waals surface area contributed by atoms with Crippen molar-refractivity contribution in [2.75, 3.05) is 33.2 Å². The number of benzene rings is 2. The van der Waals surface area contributed by atoms with Gasteiger partial charge in [-0.25, -0.2) is 0 Å². The first-order valence-corrected chi connectivity index (χ1v) is 11.1. The van der Waals surface area contributed by atoms with Crippen LogP contribution in [0.3, 0.4) is 0 Å². The second-order valence-electron chi connectivity index (χ2n) is 8.36. The molecule has 2 heterocycles. The average Bonchev–Trinajstić information content (AvgIpc) is 3.16. The number of piperazine rings is 1. The highest BCUT2D eigenvalue weighted by Gasteiger charge is 2.24. The molecule has 1 aliphatic heterocycles. The van der Waals surface area contributed by atoms with E-state index in [0.717, 1.165) is 41.7 Å². The molecule has 2 aromatic carbocycles. The molecule has 0 spiro atoms. The molecule has 166 valence electrons. The van der Waals surface area contributed by atoms with E-state index in [1.807, 2.05) is 54.4 Å². The summed E-state index contributed by atoms with van der Waals surface area (Å²) in [5.41, 5.74) is 3.95. The number of para-hydroxylation sites is 1.